The fourth-order valence-corrected chi connectivity index (χ4v) is 2.74. The van der Waals surface area contributed by atoms with E-state index in [0.29, 0.717) is 12.1 Å². The fraction of sp³-hybridized carbons (Fsp3) is 0.556. The van der Waals surface area contributed by atoms with Gasteiger partial charge in [0.25, 0.3) is 0 Å². The van der Waals surface area contributed by atoms with Crippen molar-refractivity contribution < 1.29 is 9.21 Å². The first-order valence-electron chi connectivity index (χ1n) is 8.49. The molecule has 2 rings (SSSR count). The Kier molecular flexibility index (Phi) is 6.44. The Morgan fingerprint density at radius 2 is 2.04 bits per heavy atom. The minimum Gasteiger partial charge on any atom is -0.408 e. The summed E-state index contributed by atoms with van der Waals surface area (Å²) in [5.74, 6) is -0.434. The first-order chi connectivity index (χ1) is 11.1. The largest absolute Gasteiger partial charge is 0.419 e. The maximum absolute atomic E-state index is 12.0. The van der Waals surface area contributed by atoms with Crippen molar-refractivity contribution in [1.82, 2.24) is 9.88 Å². The SMILES string of the molecule is CCCCCCC(C)NC(=O)CCn1c(=O)oc2ccccc21. The Morgan fingerprint density at radius 1 is 1.26 bits per heavy atom. The first-order valence-corrected chi connectivity index (χ1v) is 8.49. The lowest BCUT2D eigenvalue weighted by Crippen LogP contribution is -2.33. The summed E-state index contributed by atoms with van der Waals surface area (Å²) in [7, 11) is 0. The van der Waals surface area contributed by atoms with Gasteiger partial charge in [-0.25, -0.2) is 4.79 Å². The van der Waals surface area contributed by atoms with Crippen molar-refractivity contribution in [2.75, 3.05) is 0 Å². The zero-order chi connectivity index (χ0) is 16.7. The number of para-hydroxylation sites is 2. The van der Waals surface area contributed by atoms with Gasteiger partial charge in [-0.3, -0.25) is 9.36 Å². The van der Waals surface area contributed by atoms with Gasteiger partial charge in [0.2, 0.25) is 5.91 Å². The van der Waals surface area contributed by atoms with E-state index in [1.807, 2.05) is 25.1 Å². The quantitative estimate of drug-likeness (QED) is 0.720. The molecule has 126 valence electrons. The number of rotatable bonds is 9. The molecule has 5 nitrogen and oxygen atoms in total. The minimum atomic E-state index is -0.411. The third kappa shape index (κ3) is 4.98. The molecule has 0 bridgehead atoms. The minimum absolute atomic E-state index is 0.0230. The number of carbonyl (C=O) groups excluding carboxylic acids is 1. The standard InChI is InChI=1S/C18H26N2O3/c1-3-4-5-6-9-14(2)19-17(21)12-13-20-15-10-7-8-11-16(15)23-18(20)22/h7-8,10-11,14H,3-6,9,12-13H2,1-2H3,(H,19,21). The van der Waals surface area contributed by atoms with Crippen molar-refractivity contribution in [2.45, 2.75) is 65.0 Å². The van der Waals surface area contributed by atoms with Gasteiger partial charge in [-0.1, -0.05) is 44.7 Å². The van der Waals surface area contributed by atoms with Gasteiger partial charge in [0.15, 0.2) is 5.58 Å². The summed E-state index contributed by atoms with van der Waals surface area (Å²) in [6.07, 6.45) is 6.10. The van der Waals surface area contributed by atoms with Crippen molar-refractivity contribution >= 4 is 17.0 Å². The van der Waals surface area contributed by atoms with E-state index >= 15 is 0 Å². The van der Waals surface area contributed by atoms with E-state index in [4.69, 9.17) is 4.42 Å². The van der Waals surface area contributed by atoms with Crippen molar-refractivity contribution in [3.05, 3.63) is 34.8 Å². The van der Waals surface area contributed by atoms with Crippen molar-refractivity contribution in [3.8, 4) is 0 Å². The molecule has 1 amide bonds. The number of nitrogens with zero attached hydrogens (tertiary/aromatic N) is 1. The molecule has 0 spiro atoms. The molecule has 1 N–H and O–H groups in total. The molecule has 23 heavy (non-hydrogen) atoms. The van der Waals surface area contributed by atoms with E-state index in [1.165, 1.54) is 23.8 Å². The number of hydrogen-bond acceptors (Lipinski definition) is 3. The Balaban J connectivity index is 1.82. The third-order valence-electron chi connectivity index (χ3n) is 4.03. The normalized spacial score (nSPS) is 12.4. The lowest BCUT2D eigenvalue weighted by atomic mass is 10.1. The van der Waals surface area contributed by atoms with Gasteiger partial charge in [0, 0.05) is 19.0 Å². The van der Waals surface area contributed by atoms with Crippen LogP contribution < -0.4 is 11.1 Å². The monoisotopic (exact) mass is 318 g/mol. The number of carbonyl (C=O) groups is 1. The molecule has 1 unspecified atom stereocenters. The molecule has 0 saturated carbocycles. The van der Waals surface area contributed by atoms with Crippen LogP contribution in [0.25, 0.3) is 11.1 Å². The molecule has 2 aromatic rings. The lowest BCUT2D eigenvalue weighted by molar-refractivity contribution is -0.121. The second-order valence-corrected chi connectivity index (χ2v) is 6.06. The third-order valence-corrected chi connectivity index (χ3v) is 4.03. The van der Waals surface area contributed by atoms with Crippen molar-refractivity contribution in [2.24, 2.45) is 0 Å². The molecule has 1 aromatic heterocycles. The van der Waals surface area contributed by atoms with Crippen molar-refractivity contribution in [1.29, 1.82) is 0 Å². The van der Waals surface area contributed by atoms with Crippen LogP contribution in [0.2, 0.25) is 0 Å². The summed E-state index contributed by atoms with van der Waals surface area (Å²) >= 11 is 0. The molecular weight excluding hydrogens is 292 g/mol. The molecule has 5 heteroatoms. The zero-order valence-electron chi connectivity index (χ0n) is 14.0. The van der Waals surface area contributed by atoms with Crippen LogP contribution in [0.3, 0.4) is 0 Å². The number of unbranched alkanes of at least 4 members (excludes halogenated alkanes) is 3. The van der Waals surface area contributed by atoms with E-state index in [9.17, 15) is 9.59 Å². The number of hydrogen-bond donors (Lipinski definition) is 1. The summed E-state index contributed by atoms with van der Waals surface area (Å²) < 4.78 is 6.68. The summed E-state index contributed by atoms with van der Waals surface area (Å²) in [6, 6.07) is 7.44. The summed E-state index contributed by atoms with van der Waals surface area (Å²) in [4.78, 5) is 23.9. The highest BCUT2D eigenvalue weighted by Gasteiger charge is 2.11. The summed E-state index contributed by atoms with van der Waals surface area (Å²) in [6.45, 7) is 4.56. The smallest absolute Gasteiger partial charge is 0.408 e. The number of aryl methyl sites for hydroxylation is 1. The molecule has 0 aliphatic carbocycles. The Morgan fingerprint density at radius 3 is 2.83 bits per heavy atom. The molecule has 0 aliphatic rings. The number of fused-ring (bicyclic) bond motifs is 1. The van der Waals surface area contributed by atoms with Crippen LogP contribution in [0.15, 0.2) is 33.5 Å². The van der Waals surface area contributed by atoms with Crippen LogP contribution in [0.1, 0.15) is 52.4 Å². The van der Waals surface area contributed by atoms with Crippen LogP contribution in [-0.2, 0) is 11.3 Å². The second kappa shape index (κ2) is 8.56. The van der Waals surface area contributed by atoms with Crippen LogP contribution in [-0.4, -0.2) is 16.5 Å². The second-order valence-electron chi connectivity index (χ2n) is 6.06. The number of benzene rings is 1. The average molecular weight is 318 g/mol. The highest BCUT2D eigenvalue weighted by Crippen LogP contribution is 2.12. The van der Waals surface area contributed by atoms with Gasteiger partial charge >= 0.3 is 5.76 Å². The molecule has 1 aromatic carbocycles. The average Bonchev–Trinajstić information content (AvgIpc) is 2.85. The van der Waals surface area contributed by atoms with E-state index < -0.39 is 5.76 Å². The van der Waals surface area contributed by atoms with E-state index in [2.05, 4.69) is 12.2 Å². The first kappa shape index (κ1) is 17.3. The zero-order valence-corrected chi connectivity index (χ0v) is 14.0. The number of amides is 1. The molecular formula is C18H26N2O3. The Labute approximate surface area is 136 Å². The van der Waals surface area contributed by atoms with Crippen LogP contribution >= 0.6 is 0 Å². The highest BCUT2D eigenvalue weighted by molar-refractivity contribution is 5.77. The molecule has 1 heterocycles. The summed E-state index contributed by atoms with van der Waals surface area (Å²) in [5.41, 5.74) is 1.29. The molecule has 0 saturated heterocycles. The van der Waals surface area contributed by atoms with Crippen LogP contribution in [0.5, 0.6) is 0 Å². The summed E-state index contributed by atoms with van der Waals surface area (Å²) in [5, 5.41) is 3.00. The van der Waals surface area contributed by atoms with Gasteiger partial charge in [0.1, 0.15) is 0 Å². The van der Waals surface area contributed by atoms with Gasteiger partial charge in [-0.15, -0.1) is 0 Å². The number of oxazole rings is 1. The maximum atomic E-state index is 12.0. The highest BCUT2D eigenvalue weighted by atomic mass is 16.4. The molecule has 0 radical (unpaired) electrons. The van der Waals surface area contributed by atoms with Gasteiger partial charge in [0.05, 0.1) is 5.52 Å². The number of nitrogens with one attached hydrogen (secondary N) is 1. The van der Waals surface area contributed by atoms with Crippen LogP contribution in [0, 0.1) is 0 Å². The van der Waals surface area contributed by atoms with Gasteiger partial charge in [-0.2, -0.15) is 0 Å². The van der Waals surface area contributed by atoms with Gasteiger partial charge < -0.3 is 9.73 Å². The number of aromatic nitrogens is 1. The van der Waals surface area contributed by atoms with Gasteiger partial charge in [-0.05, 0) is 25.5 Å². The molecule has 1 atom stereocenters. The predicted octanol–water partition coefficient (Wildman–Crippen LogP) is 3.46. The maximum Gasteiger partial charge on any atom is 0.419 e. The van der Waals surface area contributed by atoms with Crippen molar-refractivity contribution in [3.63, 3.8) is 0 Å². The van der Waals surface area contributed by atoms with E-state index in [0.717, 1.165) is 18.4 Å². The molecule has 0 aliphatic heterocycles. The lowest BCUT2D eigenvalue weighted by Gasteiger charge is -2.13. The van der Waals surface area contributed by atoms with E-state index in [-0.39, 0.29) is 18.4 Å². The Hall–Kier alpha value is -2.04. The predicted molar refractivity (Wildman–Crippen MR) is 91.5 cm³/mol. The topological polar surface area (TPSA) is 64.2 Å². The Bertz CT molecular complexity index is 687. The van der Waals surface area contributed by atoms with Crippen LogP contribution in [0.4, 0.5) is 0 Å². The fourth-order valence-electron chi connectivity index (χ4n) is 2.74. The van der Waals surface area contributed by atoms with E-state index in [1.54, 1.807) is 6.07 Å². The molecule has 0 fully saturated rings.